The van der Waals surface area contributed by atoms with Gasteiger partial charge < -0.3 is 9.73 Å². The first-order valence-electron chi connectivity index (χ1n) is 7.90. The molecule has 0 saturated heterocycles. The van der Waals surface area contributed by atoms with E-state index in [2.05, 4.69) is 20.7 Å². The summed E-state index contributed by atoms with van der Waals surface area (Å²) in [4.78, 5) is 10.0. The molecular weight excluding hydrogens is 294 g/mol. The maximum absolute atomic E-state index is 5.39. The number of aromatic nitrogens is 2. The molecule has 3 heterocycles. The van der Waals surface area contributed by atoms with Gasteiger partial charge in [-0.1, -0.05) is 19.3 Å². The Bertz CT molecular complexity index is 744. The second-order valence-electron chi connectivity index (χ2n) is 5.86. The molecule has 0 aliphatic heterocycles. The SMILES string of the molecule is c1coc(CNc2ncnc3scc(C4CCCCC4)c23)c1. The van der Waals surface area contributed by atoms with Crippen LogP contribution in [0.4, 0.5) is 5.82 Å². The number of fused-ring (bicyclic) bond motifs is 1. The van der Waals surface area contributed by atoms with E-state index in [9.17, 15) is 0 Å². The van der Waals surface area contributed by atoms with Gasteiger partial charge in [-0.3, -0.25) is 0 Å². The van der Waals surface area contributed by atoms with Crippen molar-refractivity contribution >= 4 is 27.4 Å². The predicted octanol–water partition coefficient (Wildman–Crippen LogP) is 4.94. The Balaban J connectivity index is 1.66. The van der Waals surface area contributed by atoms with Crippen molar-refractivity contribution in [3.63, 3.8) is 0 Å². The topological polar surface area (TPSA) is 51.0 Å². The lowest BCUT2D eigenvalue weighted by molar-refractivity contribution is 0.446. The van der Waals surface area contributed by atoms with Crippen molar-refractivity contribution in [2.45, 2.75) is 44.6 Å². The molecule has 4 rings (SSSR count). The minimum absolute atomic E-state index is 0.652. The summed E-state index contributed by atoms with van der Waals surface area (Å²) in [6, 6.07) is 3.88. The van der Waals surface area contributed by atoms with Gasteiger partial charge in [-0.15, -0.1) is 11.3 Å². The molecule has 1 fully saturated rings. The van der Waals surface area contributed by atoms with Gasteiger partial charge >= 0.3 is 0 Å². The lowest BCUT2D eigenvalue weighted by Gasteiger charge is -2.21. The molecular formula is C17H19N3OS. The van der Waals surface area contributed by atoms with Crippen LogP contribution in [0.25, 0.3) is 10.2 Å². The monoisotopic (exact) mass is 313 g/mol. The van der Waals surface area contributed by atoms with Crippen molar-refractivity contribution in [2.75, 3.05) is 5.32 Å². The van der Waals surface area contributed by atoms with E-state index in [1.54, 1.807) is 23.9 Å². The van der Waals surface area contributed by atoms with Crippen LogP contribution in [-0.2, 0) is 6.54 Å². The fourth-order valence-electron chi connectivity index (χ4n) is 3.33. The maximum Gasteiger partial charge on any atom is 0.138 e. The molecule has 4 nitrogen and oxygen atoms in total. The summed E-state index contributed by atoms with van der Waals surface area (Å²) in [7, 11) is 0. The highest BCUT2D eigenvalue weighted by Gasteiger charge is 2.21. The smallest absolute Gasteiger partial charge is 0.138 e. The molecule has 3 aromatic heterocycles. The number of rotatable bonds is 4. The molecule has 0 spiro atoms. The van der Waals surface area contributed by atoms with E-state index in [0.717, 1.165) is 16.4 Å². The molecule has 1 aliphatic rings. The van der Waals surface area contributed by atoms with Crippen molar-refractivity contribution in [3.05, 3.63) is 41.4 Å². The van der Waals surface area contributed by atoms with Gasteiger partial charge in [-0.25, -0.2) is 9.97 Å². The van der Waals surface area contributed by atoms with Gasteiger partial charge in [0.1, 0.15) is 22.7 Å². The van der Waals surface area contributed by atoms with E-state index >= 15 is 0 Å². The first-order chi connectivity index (χ1) is 10.9. The van der Waals surface area contributed by atoms with E-state index < -0.39 is 0 Å². The van der Waals surface area contributed by atoms with E-state index in [0.29, 0.717) is 12.5 Å². The minimum atomic E-state index is 0.652. The number of hydrogen-bond acceptors (Lipinski definition) is 5. The fraction of sp³-hybridized carbons (Fsp3) is 0.412. The fourth-order valence-corrected chi connectivity index (χ4v) is 4.32. The zero-order valence-corrected chi connectivity index (χ0v) is 13.2. The molecule has 0 aromatic carbocycles. The van der Waals surface area contributed by atoms with Gasteiger partial charge in [0.05, 0.1) is 18.2 Å². The van der Waals surface area contributed by atoms with Crippen LogP contribution in [0.2, 0.25) is 0 Å². The number of nitrogens with zero attached hydrogens (tertiary/aromatic N) is 2. The standard InChI is InChI=1S/C17H19N3OS/c1-2-5-12(6-3-1)14-10-22-17-15(14)16(19-11-20-17)18-9-13-7-4-8-21-13/h4,7-8,10-12H,1-3,5-6,9H2,(H,18,19,20). The van der Waals surface area contributed by atoms with E-state index in [4.69, 9.17) is 4.42 Å². The Morgan fingerprint density at radius 2 is 2.14 bits per heavy atom. The number of thiophene rings is 1. The minimum Gasteiger partial charge on any atom is -0.467 e. The van der Waals surface area contributed by atoms with Crippen molar-refractivity contribution in [1.29, 1.82) is 0 Å². The first kappa shape index (κ1) is 13.8. The average Bonchev–Trinajstić information content (AvgIpc) is 3.23. The molecule has 0 unspecified atom stereocenters. The molecule has 3 aromatic rings. The number of nitrogens with one attached hydrogen (secondary N) is 1. The Hall–Kier alpha value is -1.88. The molecule has 1 aliphatic carbocycles. The highest BCUT2D eigenvalue weighted by Crippen LogP contribution is 2.40. The molecule has 0 radical (unpaired) electrons. The highest BCUT2D eigenvalue weighted by molar-refractivity contribution is 7.17. The summed E-state index contributed by atoms with van der Waals surface area (Å²) < 4.78 is 5.39. The Morgan fingerprint density at radius 1 is 1.23 bits per heavy atom. The van der Waals surface area contributed by atoms with Crippen LogP contribution in [-0.4, -0.2) is 9.97 Å². The Labute approximate surface area is 133 Å². The van der Waals surface area contributed by atoms with E-state index in [1.807, 2.05) is 12.1 Å². The summed E-state index contributed by atoms with van der Waals surface area (Å²) in [5.74, 6) is 2.52. The number of furan rings is 1. The lowest BCUT2D eigenvalue weighted by atomic mass is 9.84. The third-order valence-corrected chi connectivity index (χ3v) is 5.36. The second kappa shape index (κ2) is 6.08. The summed E-state index contributed by atoms with van der Waals surface area (Å²) >= 11 is 1.73. The Morgan fingerprint density at radius 3 is 2.95 bits per heavy atom. The molecule has 1 N–H and O–H groups in total. The zero-order chi connectivity index (χ0) is 14.8. The number of hydrogen-bond donors (Lipinski definition) is 1. The summed E-state index contributed by atoms with van der Waals surface area (Å²) in [5.41, 5.74) is 1.43. The van der Waals surface area contributed by atoms with Crippen molar-refractivity contribution in [1.82, 2.24) is 9.97 Å². The lowest BCUT2D eigenvalue weighted by Crippen LogP contribution is -2.06. The molecule has 5 heteroatoms. The third-order valence-electron chi connectivity index (χ3n) is 4.45. The van der Waals surface area contributed by atoms with Crippen molar-refractivity contribution in [3.8, 4) is 0 Å². The van der Waals surface area contributed by atoms with Crippen LogP contribution in [0.15, 0.2) is 34.5 Å². The van der Waals surface area contributed by atoms with Crippen molar-refractivity contribution in [2.24, 2.45) is 0 Å². The molecule has 1 saturated carbocycles. The van der Waals surface area contributed by atoms with E-state index in [-0.39, 0.29) is 0 Å². The molecule has 0 amide bonds. The van der Waals surface area contributed by atoms with Gasteiger partial charge in [-0.05, 0) is 41.8 Å². The third kappa shape index (κ3) is 2.61. The van der Waals surface area contributed by atoms with Crippen molar-refractivity contribution < 1.29 is 4.42 Å². The first-order valence-corrected chi connectivity index (χ1v) is 8.78. The summed E-state index contributed by atoms with van der Waals surface area (Å²) in [6.45, 7) is 0.652. The average molecular weight is 313 g/mol. The summed E-state index contributed by atoms with van der Waals surface area (Å²) in [5, 5.41) is 6.92. The zero-order valence-electron chi connectivity index (χ0n) is 12.4. The largest absolute Gasteiger partial charge is 0.467 e. The van der Waals surface area contributed by atoms with Crippen LogP contribution in [0.3, 0.4) is 0 Å². The predicted molar refractivity (Wildman–Crippen MR) is 89.3 cm³/mol. The Kier molecular flexibility index (Phi) is 3.81. The molecule has 22 heavy (non-hydrogen) atoms. The van der Waals surface area contributed by atoms with Crippen LogP contribution < -0.4 is 5.32 Å². The van der Waals surface area contributed by atoms with Crippen LogP contribution in [0.5, 0.6) is 0 Å². The van der Waals surface area contributed by atoms with Gasteiger partial charge in [-0.2, -0.15) is 0 Å². The highest BCUT2D eigenvalue weighted by atomic mass is 32.1. The summed E-state index contributed by atoms with van der Waals surface area (Å²) in [6.07, 6.45) is 9.98. The van der Waals surface area contributed by atoms with Crippen LogP contribution >= 0.6 is 11.3 Å². The molecule has 114 valence electrons. The van der Waals surface area contributed by atoms with Gasteiger partial charge in [0, 0.05) is 0 Å². The quantitative estimate of drug-likeness (QED) is 0.741. The normalized spacial score (nSPS) is 16.2. The van der Waals surface area contributed by atoms with Gasteiger partial charge in [0.2, 0.25) is 0 Å². The van der Waals surface area contributed by atoms with Gasteiger partial charge in [0.25, 0.3) is 0 Å². The second-order valence-corrected chi connectivity index (χ2v) is 6.72. The van der Waals surface area contributed by atoms with Crippen LogP contribution in [0, 0.1) is 0 Å². The van der Waals surface area contributed by atoms with Crippen LogP contribution in [0.1, 0.15) is 49.3 Å². The maximum atomic E-state index is 5.39. The molecule has 0 atom stereocenters. The molecule has 0 bridgehead atoms. The van der Waals surface area contributed by atoms with Gasteiger partial charge in [0.15, 0.2) is 0 Å². The number of anilines is 1. The van der Waals surface area contributed by atoms with E-state index in [1.165, 1.54) is 43.1 Å².